The van der Waals surface area contributed by atoms with Crippen LogP contribution < -0.4 is 0 Å². The van der Waals surface area contributed by atoms with Gasteiger partial charge in [0.2, 0.25) is 0 Å². The monoisotopic (exact) mass is 269 g/mol. The van der Waals surface area contributed by atoms with E-state index in [1.165, 1.54) is 13.8 Å². The average molecular weight is 270 g/mol. The summed E-state index contributed by atoms with van der Waals surface area (Å²) in [6.07, 6.45) is -0.874. The lowest BCUT2D eigenvalue weighted by Gasteiger charge is -2.15. The summed E-state index contributed by atoms with van der Waals surface area (Å²) in [5.41, 5.74) is -1.59. The predicted molar refractivity (Wildman–Crippen MR) is 50.1 cm³/mol. The van der Waals surface area contributed by atoms with Crippen LogP contribution in [-0.2, 0) is 13.7 Å². The van der Waals surface area contributed by atoms with E-state index in [0.29, 0.717) is 0 Å². The van der Waals surface area contributed by atoms with Crippen molar-refractivity contribution in [3.8, 4) is 0 Å². The van der Waals surface area contributed by atoms with Crippen molar-refractivity contribution in [2.45, 2.75) is 25.3 Å². The first-order chi connectivity index (χ1) is 6.24. The summed E-state index contributed by atoms with van der Waals surface area (Å²) in [5, 5.41) is 1.73. The first-order valence-electron chi connectivity index (χ1n) is 3.44. The predicted octanol–water partition coefficient (Wildman–Crippen LogP) is 3.59. The van der Waals surface area contributed by atoms with Gasteiger partial charge in [-0.05, 0) is 30.6 Å². The zero-order valence-corrected chi connectivity index (χ0v) is 9.69. The Morgan fingerprint density at radius 1 is 1.57 bits per heavy atom. The summed E-state index contributed by atoms with van der Waals surface area (Å²) in [6.45, 7) is 2.87. The fraction of sp³-hybridized carbons (Fsp3) is 0.800. The van der Waals surface area contributed by atoms with Gasteiger partial charge in [0.25, 0.3) is 0 Å². The summed E-state index contributed by atoms with van der Waals surface area (Å²) in [4.78, 5) is 0. The average Bonchev–Trinajstić information content (AvgIpc) is 2.00. The molecule has 0 aliphatic heterocycles. The fourth-order valence-corrected chi connectivity index (χ4v) is 1.37. The molecule has 0 rings (SSSR count). The Balaban J connectivity index is 4.21. The molecule has 0 saturated carbocycles. The van der Waals surface area contributed by atoms with Gasteiger partial charge in [0.1, 0.15) is 0 Å². The Kier molecular flexibility index (Phi) is 5.90. The highest BCUT2D eigenvalue weighted by Gasteiger charge is 2.31. The van der Waals surface area contributed by atoms with E-state index in [1.807, 2.05) is 0 Å². The summed E-state index contributed by atoms with van der Waals surface area (Å²) in [5.74, 6) is 0. The molecule has 3 unspecified atom stereocenters. The first-order valence-corrected chi connectivity index (χ1v) is 5.69. The van der Waals surface area contributed by atoms with Gasteiger partial charge >= 0.3 is 13.3 Å². The van der Waals surface area contributed by atoms with E-state index >= 15 is 0 Å². The molecule has 0 bridgehead atoms. The number of hydrogen-bond donors (Lipinski definition) is 0. The van der Waals surface area contributed by atoms with Gasteiger partial charge in [-0.25, -0.2) is 4.57 Å². The van der Waals surface area contributed by atoms with Crippen LogP contribution in [0.5, 0.6) is 0 Å². The minimum Gasteiger partial charge on any atom is -0.285 e. The number of rotatable bonds is 5. The second-order valence-corrected chi connectivity index (χ2v) is 4.57. The second kappa shape index (κ2) is 5.85. The molecular formula is C5H8Cl2F2NO3P. The van der Waals surface area contributed by atoms with Gasteiger partial charge < -0.3 is 0 Å². The first kappa shape index (κ1) is 14.1. The molecule has 0 N–H and O–H groups in total. The van der Waals surface area contributed by atoms with Crippen LogP contribution >= 0.6 is 31.1 Å². The van der Waals surface area contributed by atoms with Crippen molar-refractivity contribution >= 4 is 36.5 Å². The molecule has 84 valence electrons. The Morgan fingerprint density at radius 2 is 2.07 bits per heavy atom. The van der Waals surface area contributed by atoms with Crippen LogP contribution in [0, 0.1) is 0 Å². The molecule has 0 heterocycles. The maximum absolute atomic E-state index is 12.8. The Bertz CT molecular complexity index is 259. The lowest BCUT2D eigenvalue weighted by Crippen LogP contribution is -2.16. The third-order valence-corrected chi connectivity index (χ3v) is 2.43. The van der Waals surface area contributed by atoms with Crippen molar-refractivity contribution in [1.82, 2.24) is 0 Å². The summed E-state index contributed by atoms with van der Waals surface area (Å²) < 4.78 is 43.1. The van der Waals surface area contributed by atoms with Crippen LogP contribution in [0.2, 0.25) is 0 Å². The van der Waals surface area contributed by atoms with Crippen LogP contribution in [0.25, 0.3) is 0 Å². The quantitative estimate of drug-likeness (QED) is 0.332. The summed E-state index contributed by atoms with van der Waals surface area (Å²) >= 11 is 10.1. The molecule has 3 atom stereocenters. The molecule has 0 radical (unpaired) electrons. The summed E-state index contributed by atoms with van der Waals surface area (Å²) in [6, 6.07) is 0. The van der Waals surface area contributed by atoms with E-state index in [2.05, 4.69) is 25.9 Å². The van der Waals surface area contributed by atoms with Crippen LogP contribution in [-0.4, -0.2) is 16.9 Å². The lowest BCUT2D eigenvalue weighted by molar-refractivity contribution is 0.135. The van der Waals surface area contributed by atoms with Gasteiger partial charge in [-0.15, -0.1) is 15.8 Å². The SMILES string of the molecule is CC(Cl)C(C)OP(=O)(F)O/N=C(/F)Cl. The Morgan fingerprint density at radius 3 is 2.43 bits per heavy atom. The zero-order chi connectivity index (χ0) is 11.4. The second-order valence-electron chi connectivity index (χ2n) is 2.33. The van der Waals surface area contributed by atoms with E-state index < -0.39 is 24.8 Å². The standard InChI is InChI=1S/C5H8Cl2F2NO3P/c1-3(6)4(2)12-14(9,11)13-10-5(7)8/h3-4H,1-2H3/b10-5+. The molecule has 0 aliphatic carbocycles. The lowest BCUT2D eigenvalue weighted by atomic mass is 10.3. The smallest absolute Gasteiger partial charge is 0.285 e. The van der Waals surface area contributed by atoms with Crippen LogP contribution in [0.3, 0.4) is 0 Å². The van der Waals surface area contributed by atoms with Gasteiger partial charge in [-0.1, -0.05) is 0 Å². The van der Waals surface area contributed by atoms with Crippen LogP contribution in [0.15, 0.2) is 5.16 Å². The van der Waals surface area contributed by atoms with Crippen molar-refractivity contribution < 1.29 is 22.3 Å². The maximum Gasteiger partial charge on any atom is 0.590 e. The molecule has 0 aliphatic rings. The minimum atomic E-state index is -4.95. The van der Waals surface area contributed by atoms with Gasteiger partial charge in [0, 0.05) is 0 Å². The molecule has 0 spiro atoms. The van der Waals surface area contributed by atoms with E-state index in [1.54, 1.807) is 0 Å². The molecule has 14 heavy (non-hydrogen) atoms. The van der Waals surface area contributed by atoms with E-state index in [4.69, 9.17) is 11.6 Å². The van der Waals surface area contributed by atoms with Gasteiger partial charge in [0.05, 0.1) is 11.5 Å². The molecule has 0 aromatic heterocycles. The van der Waals surface area contributed by atoms with E-state index in [0.717, 1.165) is 0 Å². The molecule has 9 heteroatoms. The van der Waals surface area contributed by atoms with Crippen molar-refractivity contribution in [3.05, 3.63) is 0 Å². The number of nitrogens with zero attached hydrogens (tertiary/aromatic N) is 1. The molecular weight excluding hydrogens is 262 g/mol. The van der Waals surface area contributed by atoms with Crippen molar-refractivity contribution in [2.24, 2.45) is 5.16 Å². The van der Waals surface area contributed by atoms with E-state index in [9.17, 15) is 13.2 Å². The van der Waals surface area contributed by atoms with Crippen LogP contribution in [0.1, 0.15) is 13.8 Å². The number of halogens is 4. The molecule has 0 aromatic carbocycles. The van der Waals surface area contributed by atoms with E-state index in [-0.39, 0.29) is 0 Å². The fourth-order valence-electron chi connectivity index (χ4n) is 0.381. The molecule has 0 fully saturated rings. The van der Waals surface area contributed by atoms with Gasteiger partial charge in [0.15, 0.2) is 0 Å². The van der Waals surface area contributed by atoms with Gasteiger partial charge in [-0.3, -0.25) is 9.15 Å². The molecule has 0 saturated heterocycles. The maximum atomic E-state index is 12.8. The minimum absolute atomic E-state index is 0.590. The zero-order valence-electron chi connectivity index (χ0n) is 7.29. The third-order valence-electron chi connectivity index (χ3n) is 1.15. The highest BCUT2D eigenvalue weighted by molar-refractivity contribution is 7.48. The highest BCUT2D eigenvalue weighted by Crippen LogP contribution is 2.51. The van der Waals surface area contributed by atoms with Crippen molar-refractivity contribution in [1.29, 1.82) is 0 Å². The van der Waals surface area contributed by atoms with Crippen molar-refractivity contribution in [2.75, 3.05) is 0 Å². The number of hydrogen-bond acceptors (Lipinski definition) is 4. The van der Waals surface area contributed by atoms with Gasteiger partial charge in [-0.2, -0.15) is 4.39 Å². The van der Waals surface area contributed by atoms with Crippen molar-refractivity contribution in [3.63, 3.8) is 0 Å². The largest absolute Gasteiger partial charge is 0.590 e. The highest BCUT2D eigenvalue weighted by atomic mass is 35.5. The number of alkyl halides is 1. The number of oxime groups is 1. The van der Waals surface area contributed by atoms with Crippen LogP contribution in [0.4, 0.5) is 8.59 Å². The third kappa shape index (κ3) is 6.54. The normalized spacial score (nSPS) is 21.1. The molecule has 4 nitrogen and oxygen atoms in total. The molecule has 0 aromatic rings. The Hall–Kier alpha value is 0.1000. The topological polar surface area (TPSA) is 47.9 Å². The molecule has 0 amide bonds. The Labute approximate surface area is 89.8 Å². The summed E-state index contributed by atoms with van der Waals surface area (Å²) in [7, 11) is -4.95.